The van der Waals surface area contributed by atoms with E-state index in [4.69, 9.17) is 9.47 Å². The zero-order valence-corrected chi connectivity index (χ0v) is 21.4. The predicted molar refractivity (Wildman–Crippen MR) is 141 cm³/mol. The van der Waals surface area contributed by atoms with Crippen molar-refractivity contribution in [3.05, 3.63) is 94.6 Å². The first kappa shape index (κ1) is 25.7. The van der Waals surface area contributed by atoms with Crippen molar-refractivity contribution < 1.29 is 29.0 Å². The van der Waals surface area contributed by atoms with Crippen LogP contribution in [0.3, 0.4) is 0 Å². The van der Waals surface area contributed by atoms with Gasteiger partial charge in [-0.2, -0.15) is 0 Å². The number of anilines is 1. The molecule has 3 aromatic carbocycles. The molecule has 0 aliphatic carbocycles. The van der Waals surface area contributed by atoms with Crippen molar-refractivity contribution in [2.24, 2.45) is 0 Å². The Bertz CT molecular complexity index is 1370. The van der Waals surface area contributed by atoms with Crippen LogP contribution in [0.25, 0.3) is 5.76 Å². The van der Waals surface area contributed by atoms with E-state index in [0.29, 0.717) is 28.3 Å². The van der Waals surface area contributed by atoms with Gasteiger partial charge in [-0.1, -0.05) is 18.2 Å². The summed E-state index contributed by atoms with van der Waals surface area (Å²) in [7, 11) is 0. The van der Waals surface area contributed by atoms with Crippen LogP contribution in [-0.4, -0.2) is 28.9 Å². The van der Waals surface area contributed by atoms with Crippen LogP contribution < -0.4 is 14.4 Å². The van der Waals surface area contributed by atoms with Gasteiger partial charge in [0.05, 0.1) is 17.7 Å². The minimum atomic E-state index is -0.890. The number of hydrogen-bond donors (Lipinski definition) is 1. The molecule has 37 heavy (non-hydrogen) atoms. The topological polar surface area (TPSA) is 93.1 Å². The third kappa shape index (κ3) is 5.40. The second-order valence-corrected chi connectivity index (χ2v) is 9.37. The molecule has 0 bridgehead atoms. The Hall–Kier alpha value is -4.39. The first-order valence-corrected chi connectivity index (χ1v) is 12.0. The number of rotatable bonds is 6. The number of carbonyl (C=O) groups excluding carboxylic acids is 3. The zero-order chi connectivity index (χ0) is 26.9. The van der Waals surface area contributed by atoms with Gasteiger partial charge in [-0.05, 0) is 92.9 Å². The van der Waals surface area contributed by atoms with Crippen molar-refractivity contribution in [2.45, 2.75) is 46.8 Å². The average Bonchev–Trinajstić information content (AvgIpc) is 3.08. The molecular weight excluding hydrogens is 470 g/mol. The smallest absolute Gasteiger partial charge is 0.308 e. The van der Waals surface area contributed by atoms with Gasteiger partial charge in [-0.25, -0.2) is 0 Å². The lowest BCUT2D eigenvalue weighted by molar-refractivity contribution is -0.132. The normalized spacial score (nSPS) is 16.8. The molecule has 1 saturated heterocycles. The van der Waals surface area contributed by atoms with Crippen molar-refractivity contribution in [3.63, 3.8) is 0 Å². The molecule has 1 aliphatic heterocycles. The van der Waals surface area contributed by atoms with E-state index in [2.05, 4.69) is 0 Å². The van der Waals surface area contributed by atoms with E-state index in [1.54, 1.807) is 48.5 Å². The van der Waals surface area contributed by atoms with Crippen molar-refractivity contribution in [2.75, 3.05) is 4.90 Å². The maximum atomic E-state index is 13.4. The Balaban J connectivity index is 1.86. The van der Waals surface area contributed by atoms with Crippen LogP contribution in [-0.2, 0) is 14.4 Å². The summed E-state index contributed by atoms with van der Waals surface area (Å²) in [6, 6.07) is 18.0. The molecule has 0 spiro atoms. The molecule has 1 heterocycles. The third-order valence-corrected chi connectivity index (χ3v) is 5.89. The molecule has 0 aromatic heterocycles. The van der Waals surface area contributed by atoms with Gasteiger partial charge in [0.25, 0.3) is 11.7 Å². The molecule has 1 amide bonds. The maximum absolute atomic E-state index is 13.4. The van der Waals surface area contributed by atoms with Gasteiger partial charge in [0.2, 0.25) is 0 Å². The first-order valence-electron chi connectivity index (χ1n) is 12.0. The number of Topliss-reactive ketones (excluding diaryl/α,β-unsaturated/α-hetero) is 1. The molecule has 7 heteroatoms. The molecule has 190 valence electrons. The maximum Gasteiger partial charge on any atom is 0.308 e. The highest BCUT2D eigenvalue weighted by Gasteiger charge is 2.47. The molecule has 0 saturated carbocycles. The van der Waals surface area contributed by atoms with E-state index in [0.717, 1.165) is 11.1 Å². The molecule has 3 aromatic rings. The summed E-state index contributed by atoms with van der Waals surface area (Å²) in [5, 5.41) is 11.3. The van der Waals surface area contributed by atoms with Crippen molar-refractivity contribution in [1.82, 2.24) is 0 Å². The highest BCUT2D eigenvalue weighted by atomic mass is 16.5. The van der Waals surface area contributed by atoms with Crippen LogP contribution in [0.5, 0.6) is 11.5 Å². The number of aliphatic hydroxyl groups is 1. The summed E-state index contributed by atoms with van der Waals surface area (Å²) in [5.74, 6) is -1.30. The highest BCUT2D eigenvalue weighted by molar-refractivity contribution is 6.51. The number of ketones is 1. The monoisotopic (exact) mass is 499 g/mol. The summed E-state index contributed by atoms with van der Waals surface area (Å²) in [6.45, 7) is 8.96. The van der Waals surface area contributed by atoms with Crippen LogP contribution in [0.2, 0.25) is 0 Å². The minimum absolute atomic E-state index is 0.0162. The molecule has 1 aliphatic rings. The van der Waals surface area contributed by atoms with E-state index in [-0.39, 0.29) is 17.4 Å². The summed E-state index contributed by atoms with van der Waals surface area (Å²) < 4.78 is 10.8. The average molecular weight is 500 g/mol. The highest BCUT2D eigenvalue weighted by Crippen LogP contribution is 2.43. The quantitative estimate of drug-likeness (QED) is 0.155. The van der Waals surface area contributed by atoms with Gasteiger partial charge < -0.3 is 14.6 Å². The van der Waals surface area contributed by atoms with Gasteiger partial charge >= 0.3 is 5.97 Å². The Morgan fingerprint density at radius 2 is 1.46 bits per heavy atom. The number of carbonyl (C=O) groups is 3. The summed E-state index contributed by atoms with van der Waals surface area (Å²) >= 11 is 0. The first-order chi connectivity index (χ1) is 17.5. The third-order valence-electron chi connectivity index (χ3n) is 5.89. The lowest BCUT2D eigenvalue weighted by atomic mass is 9.95. The lowest BCUT2D eigenvalue weighted by Gasteiger charge is -2.26. The van der Waals surface area contributed by atoms with Crippen LogP contribution in [0.4, 0.5) is 5.69 Å². The Labute approximate surface area is 215 Å². The number of nitrogens with zero attached hydrogens (tertiary/aromatic N) is 1. The summed E-state index contributed by atoms with van der Waals surface area (Å²) in [6.07, 6.45) is -0.0162. The molecule has 4 rings (SSSR count). The van der Waals surface area contributed by atoms with Crippen LogP contribution in [0.15, 0.2) is 72.3 Å². The Kier molecular flexibility index (Phi) is 7.16. The number of amides is 1. The van der Waals surface area contributed by atoms with Crippen molar-refractivity contribution in [3.8, 4) is 11.5 Å². The summed E-state index contributed by atoms with van der Waals surface area (Å²) in [5.41, 5.74) is 3.35. The second-order valence-electron chi connectivity index (χ2n) is 9.37. The molecule has 0 radical (unpaired) electrons. The van der Waals surface area contributed by atoms with Crippen LogP contribution in [0.1, 0.15) is 49.1 Å². The molecular formula is C30H29NO6. The molecule has 7 nitrogen and oxygen atoms in total. The van der Waals surface area contributed by atoms with Gasteiger partial charge in [-0.15, -0.1) is 0 Å². The fourth-order valence-corrected chi connectivity index (χ4v) is 4.51. The fourth-order valence-electron chi connectivity index (χ4n) is 4.51. The number of aryl methyl sites for hydroxylation is 2. The lowest BCUT2D eigenvalue weighted by Crippen LogP contribution is -2.29. The molecule has 1 fully saturated rings. The summed E-state index contributed by atoms with van der Waals surface area (Å²) in [4.78, 5) is 39.5. The van der Waals surface area contributed by atoms with E-state index in [1.807, 2.05) is 45.9 Å². The molecule has 1 unspecified atom stereocenters. The number of aliphatic hydroxyl groups excluding tert-OH is 1. The van der Waals surface area contributed by atoms with E-state index < -0.39 is 23.7 Å². The fraction of sp³-hybridized carbons (Fsp3) is 0.233. The van der Waals surface area contributed by atoms with Gasteiger partial charge in [0.1, 0.15) is 17.3 Å². The number of esters is 1. The van der Waals surface area contributed by atoms with Crippen LogP contribution in [0, 0.1) is 13.8 Å². The number of ether oxygens (including phenoxy) is 2. The van der Waals surface area contributed by atoms with Gasteiger partial charge in [0, 0.05) is 18.2 Å². The van der Waals surface area contributed by atoms with Gasteiger partial charge in [-0.3, -0.25) is 19.3 Å². The second kappa shape index (κ2) is 10.3. The van der Waals surface area contributed by atoms with Crippen molar-refractivity contribution in [1.29, 1.82) is 0 Å². The standard InChI is InChI=1S/C30H29NO6/c1-17(2)36-24-12-8-22(9-13-24)28(33)26-27(21-6-10-25(11-7-21)37-20(5)32)31(30(35)29(26)34)23-15-18(3)14-19(4)16-23/h6-17,27,33H,1-5H3/b28-26+. The molecule has 1 N–H and O–H groups in total. The predicted octanol–water partition coefficient (Wildman–Crippen LogP) is 5.64. The minimum Gasteiger partial charge on any atom is -0.507 e. The largest absolute Gasteiger partial charge is 0.507 e. The SMILES string of the molecule is CC(=O)Oc1ccc(C2/C(=C(\O)c3ccc(OC(C)C)cc3)C(=O)C(=O)N2c2cc(C)cc(C)c2)cc1. The number of benzene rings is 3. The Morgan fingerprint density at radius 3 is 2.00 bits per heavy atom. The van der Waals surface area contributed by atoms with Gasteiger partial charge in [0.15, 0.2) is 0 Å². The van der Waals surface area contributed by atoms with E-state index in [9.17, 15) is 19.5 Å². The number of hydrogen-bond acceptors (Lipinski definition) is 6. The zero-order valence-electron chi connectivity index (χ0n) is 21.4. The van der Waals surface area contributed by atoms with E-state index >= 15 is 0 Å². The van der Waals surface area contributed by atoms with E-state index in [1.165, 1.54) is 11.8 Å². The Morgan fingerprint density at radius 1 is 0.892 bits per heavy atom. The van der Waals surface area contributed by atoms with Crippen molar-refractivity contribution >= 4 is 29.1 Å². The molecule has 1 atom stereocenters. The van der Waals surface area contributed by atoms with Crippen LogP contribution >= 0.6 is 0 Å².